The zero-order valence-electron chi connectivity index (χ0n) is 10.4. The molecule has 1 aromatic heterocycles. The third kappa shape index (κ3) is 2.70. The third-order valence-electron chi connectivity index (χ3n) is 3.10. The first kappa shape index (κ1) is 12.6. The summed E-state index contributed by atoms with van der Waals surface area (Å²) in [5.41, 5.74) is 6.66. The van der Waals surface area contributed by atoms with Gasteiger partial charge in [0.1, 0.15) is 5.82 Å². The van der Waals surface area contributed by atoms with Gasteiger partial charge in [0.25, 0.3) is 0 Å². The van der Waals surface area contributed by atoms with Gasteiger partial charge < -0.3 is 20.6 Å². The average molecular weight is 250 g/mol. The summed E-state index contributed by atoms with van der Waals surface area (Å²) in [6, 6.07) is 5.68. The summed E-state index contributed by atoms with van der Waals surface area (Å²) in [6.45, 7) is 4.26. The number of carboxylic acid groups (broad SMARTS) is 1. The van der Waals surface area contributed by atoms with Crippen molar-refractivity contribution in [1.82, 2.24) is 9.88 Å². The summed E-state index contributed by atoms with van der Waals surface area (Å²) < 4.78 is 0. The van der Waals surface area contributed by atoms with Crippen molar-refractivity contribution in [2.75, 3.05) is 31.1 Å². The van der Waals surface area contributed by atoms with Crippen molar-refractivity contribution in [1.29, 1.82) is 0 Å². The Morgan fingerprint density at radius 3 is 2.61 bits per heavy atom. The molecule has 0 saturated carbocycles. The van der Waals surface area contributed by atoms with Gasteiger partial charge in [-0.2, -0.15) is 0 Å². The summed E-state index contributed by atoms with van der Waals surface area (Å²) in [7, 11) is 0. The van der Waals surface area contributed by atoms with Crippen LogP contribution in [0.25, 0.3) is 0 Å². The molecule has 1 atom stereocenters. The highest BCUT2D eigenvalue weighted by Crippen LogP contribution is 2.16. The normalized spacial score (nSPS) is 17.7. The Morgan fingerprint density at radius 2 is 2.06 bits per heavy atom. The minimum atomic E-state index is -0.855. The van der Waals surface area contributed by atoms with Crippen LogP contribution < -0.4 is 10.6 Å². The SMILES string of the molecule is CC(N)c1cccc(N2CCN(C(=O)O)CC2)n1. The van der Waals surface area contributed by atoms with E-state index >= 15 is 0 Å². The van der Waals surface area contributed by atoms with Gasteiger partial charge in [-0.25, -0.2) is 9.78 Å². The molecule has 98 valence electrons. The Bertz CT molecular complexity index is 428. The van der Waals surface area contributed by atoms with E-state index in [1.54, 1.807) is 0 Å². The van der Waals surface area contributed by atoms with Crippen molar-refractivity contribution in [2.45, 2.75) is 13.0 Å². The van der Waals surface area contributed by atoms with E-state index in [-0.39, 0.29) is 6.04 Å². The number of aromatic nitrogens is 1. The minimum Gasteiger partial charge on any atom is -0.465 e. The van der Waals surface area contributed by atoms with Crippen LogP contribution in [-0.4, -0.2) is 47.3 Å². The number of nitrogens with two attached hydrogens (primary N) is 1. The third-order valence-corrected chi connectivity index (χ3v) is 3.10. The van der Waals surface area contributed by atoms with Crippen LogP contribution >= 0.6 is 0 Å². The quantitative estimate of drug-likeness (QED) is 0.815. The molecule has 1 aliphatic heterocycles. The molecular weight excluding hydrogens is 232 g/mol. The molecule has 1 fully saturated rings. The number of carbonyl (C=O) groups is 1. The van der Waals surface area contributed by atoms with Gasteiger partial charge in [0.05, 0.1) is 5.69 Å². The van der Waals surface area contributed by atoms with Crippen LogP contribution in [0.3, 0.4) is 0 Å². The average Bonchev–Trinajstić information content (AvgIpc) is 2.39. The zero-order valence-corrected chi connectivity index (χ0v) is 10.4. The van der Waals surface area contributed by atoms with Gasteiger partial charge in [0.2, 0.25) is 0 Å². The lowest BCUT2D eigenvalue weighted by Crippen LogP contribution is -2.48. The predicted molar refractivity (Wildman–Crippen MR) is 68.7 cm³/mol. The molecule has 6 heteroatoms. The molecule has 1 aromatic rings. The predicted octanol–water partition coefficient (Wildman–Crippen LogP) is 0.901. The first-order valence-electron chi connectivity index (χ1n) is 6.03. The Balaban J connectivity index is 2.05. The molecule has 0 bridgehead atoms. The van der Waals surface area contributed by atoms with Crippen molar-refractivity contribution in [3.05, 3.63) is 23.9 Å². The summed E-state index contributed by atoms with van der Waals surface area (Å²) in [4.78, 5) is 18.8. The molecule has 2 heterocycles. The van der Waals surface area contributed by atoms with E-state index in [1.807, 2.05) is 25.1 Å². The van der Waals surface area contributed by atoms with E-state index in [0.29, 0.717) is 26.2 Å². The van der Waals surface area contributed by atoms with Gasteiger partial charge in [-0.05, 0) is 19.1 Å². The summed E-state index contributed by atoms with van der Waals surface area (Å²) in [6.07, 6.45) is -0.855. The van der Waals surface area contributed by atoms with Gasteiger partial charge in [-0.15, -0.1) is 0 Å². The maximum atomic E-state index is 10.8. The Labute approximate surface area is 106 Å². The highest BCUT2D eigenvalue weighted by Gasteiger charge is 2.21. The van der Waals surface area contributed by atoms with E-state index in [2.05, 4.69) is 9.88 Å². The summed E-state index contributed by atoms with van der Waals surface area (Å²) in [5.74, 6) is 0.870. The van der Waals surface area contributed by atoms with Crippen LogP contribution in [0.5, 0.6) is 0 Å². The maximum Gasteiger partial charge on any atom is 0.407 e. The number of pyridine rings is 1. The molecule has 0 aliphatic carbocycles. The fraction of sp³-hybridized carbons (Fsp3) is 0.500. The van der Waals surface area contributed by atoms with E-state index in [4.69, 9.17) is 10.8 Å². The second-order valence-corrected chi connectivity index (χ2v) is 4.47. The summed E-state index contributed by atoms with van der Waals surface area (Å²) >= 11 is 0. The molecule has 3 N–H and O–H groups in total. The number of anilines is 1. The van der Waals surface area contributed by atoms with Gasteiger partial charge >= 0.3 is 6.09 Å². The van der Waals surface area contributed by atoms with Crippen LogP contribution in [0.2, 0.25) is 0 Å². The fourth-order valence-electron chi connectivity index (χ4n) is 2.00. The number of nitrogens with zero attached hydrogens (tertiary/aromatic N) is 3. The first-order valence-corrected chi connectivity index (χ1v) is 6.03. The Kier molecular flexibility index (Phi) is 3.66. The van der Waals surface area contributed by atoms with Crippen molar-refractivity contribution in [3.8, 4) is 0 Å². The van der Waals surface area contributed by atoms with Gasteiger partial charge in [-0.1, -0.05) is 6.07 Å². The lowest BCUT2D eigenvalue weighted by atomic mass is 10.2. The van der Waals surface area contributed by atoms with Crippen molar-refractivity contribution in [3.63, 3.8) is 0 Å². The molecule has 1 saturated heterocycles. The second kappa shape index (κ2) is 5.22. The highest BCUT2D eigenvalue weighted by atomic mass is 16.4. The maximum absolute atomic E-state index is 10.8. The zero-order chi connectivity index (χ0) is 13.1. The van der Waals surface area contributed by atoms with Gasteiger partial charge in [0, 0.05) is 32.2 Å². The lowest BCUT2D eigenvalue weighted by molar-refractivity contribution is 0.142. The monoisotopic (exact) mass is 250 g/mol. The summed E-state index contributed by atoms with van der Waals surface area (Å²) in [5, 5.41) is 8.89. The molecule has 1 aliphatic rings. The van der Waals surface area contributed by atoms with E-state index in [1.165, 1.54) is 4.90 Å². The largest absolute Gasteiger partial charge is 0.465 e. The fourth-order valence-corrected chi connectivity index (χ4v) is 2.00. The molecule has 18 heavy (non-hydrogen) atoms. The molecule has 6 nitrogen and oxygen atoms in total. The van der Waals surface area contributed by atoms with Crippen molar-refractivity contribution >= 4 is 11.9 Å². The molecular formula is C12H18N4O2. The molecule has 2 rings (SSSR count). The molecule has 0 radical (unpaired) electrons. The minimum absolute atomic E-state index is 0.0924. The highest BCUT2D eigenvalue weighted by molar-refractivity contribution is 5.65. The Morgan fingerprint density at radius 1 is 1.39 bits per heavy atom. The van der Waals surface area contributed by atoms with Gasteiger partial charge in [0.15, 0.2) is 0 Å². The van der Waals surface area contributed by atoms with E-state index in [9.17, 15) is 4.79 Å². The Hall–Kier alpha value is -1.82. The standard InChI is InChI=1S/C12H18N4O2/c1-9(13)10-3-2-4-11(14-10)15-5-7-16(8-6-15)12(17)18/h2-4,9H,5-8,13H2,1H3,(H,17,18). The number of rotatable bonds is 2. The van der Waals surface area contributed by atoms with Crippen molar-refractivity contribution in [2.24, 2.45) is 5.73 Å². The first-order chi connectivity index (χ1) is 8.58. The van der Waals surface area contributed by atoms with Crippen LogP contribution in [0.15, 0.2) is 18.2 Å². The van der Waals surface area contributed by atoms with Crippen LogP contribution in [0, 0.1) is 0 Å². The topological polar surface area (TPSA) is 82.7 Å². The van der Waals surface area contributed by atoms with E-state index < -0.39 is 6.09 Å². The number of piperazine rings is 1. The number of hydrogen-bond acceptors (Lipinski definition) is 4. The molecule has 1 unspecified atom stereocenters. The second-order valence-electron chi connectivity index (χ2n) is 4.47. The van der Waals surface area contributed by atoms with Crippen LogP contribution in [-0.2, 0) is 0 Å². The molecule has 0 aromatic carbocycles. The van der Waals surface area contributed by atoms with Crippen LogP contribution in [0.1, 0.15) is 18.7 Å². The van der Waals surface area contributed by atoms with E-state index in [0.717, 1.165) is 11.5 Å². The lowest BCUT2D eigenvalue weighted by Gasteiger charge is -2.34. The molecule has 0 spiro atoms. The number of amides is 1. The number of hydrogen-bond donors (Lipinski definition) is 2. The van der Waals surface area contributed by atoms with Crippen LogP contribution in [0.4, 0.5) is 10.6 Å². The van der Waals surface area contributed by atoms with Crippen molar-refractivity contribution < 1.29 is 9.90 Å². The molecule has 1 amide bonds. The van der Waals surface area contributed by atoms with Gasteiger partial charge in [-0.3, -0.25) is 0 Å². The smallest absolute Gasteiger partial charge is 0.407 e.